The predicted molar refractivity (Wildman–Crippen MR) is 97.8 cm³/mol. The third-order valence-corrected chi connectivity index (χ3v) is 4.45. The van der Waals surface area contributed by atoms with Gasteiger partial charge >= 0.3 is 0 Å². The van der Waals surface area contributed by atoms with Crippen molar-refractivity contribution in [1.29, 1.82) is 0 Å². The zero-order valence-electron chi connectivity index (χ0n) is 11.4. The molecule has 2 nitrogen and oxygen atoms in total. The molecule has 22 heavy (non-hydrogen) atoms. The van der Waals surface area contributed by atoms with Gasteiger partial charge in [0.2, 0.25) is 0 Å². The molecular formula is C16H12Cl4N2. The third-order valence-electron chi connectivity index (χ3n) is 2.78. The first-order valence-electron chi connectivity index (χ1n) is 6.47. The van der Waals surface area contributed by atoms with Crippen molar-refractivity contribution in [2.75, 3.05) is 13.1 Å². The Morgan fingerprint density at radius 3 is 1.50 bits per heavy atom. The fraction of sp³-hybridized carbons (Fsp3) is 0.125. The monoisotopic (exact) mass is 372 g/mol. The molecule has 0 heterocycles. The highest BCUT2D eigenvalue weighted by Gasteiger charge is 2.01. The van der Waals surface area contributed by atoms with E-state index in [0.29, 0.717) is 33.2 Å². The summed E-state index contributed by atoms with van der Waals surface area (Å²) in [7, 11) is 0. The molecule has 0 aliphatic carbocycles. The highest BCUT2D eigenvalue weighted by Crippen LogP contribution is 2.25. The van der Waals surface area contributed by atoms with Crippen LogP contribution in [0.1, 0.15) is 11.1 Å². The maximum absolute atomic E-state index is 6.07. The minimum atomic E-state index is 0.502. The Hall–Kier alpha value is -1.06. The predicted octanol–water partition coefficient (Wildman–Crippen LogP) is 5.84. The van der Waals surface area contributed by atoms with Gasteiger partial charge in [-0.3, -0.25) is 9.98 Å². The van der Waals surface area contributed by atoms with Crippen LogP contribution in [0.25, 0.3) is 0 Å². The Bertz CT molecular complexity index is 650. The van der Waals surface area contributed by atoms with Gasteiger partial charge in [-0.1, -0.05) is 70.7 Å². The Balaban J connectivity index is 1.89. The van der Waals surface area contributed by atoms with E-state index in [1.165, 1.54) is 0 Å². The molecule has 0 spiro atoms. The van der Waals surface area contributed by atoms with Gasteiger partial charge in [0.15, 0.2) is 0 Å². The summed E-state index contributed by atoms with van der Waals surface area (Å²) >= 11 is 24.0. The lowest BCUT2D eigenvalue weighted by atomic mass is 10.2. The second-order valence-electron chi connectivity index (χ2n) is 4.36. The minimum Gasteiger partial charge on any atom is -0.291 e. The van der Waals surface area contributed by atoms with Gasteiger partial charge in [-0.2, -0.15) is 0 Å². The molecule has 0 radical (unpaired) electrons. The van der Waals surface area contributed by atoms with Crippen LogP contribution in [0.4, 0.5) is 0 Å². The fourth-order valence-electron chi connectivity index (χ4n) is 1.68. The molecule has 0 bridgehead atoms. The van der Waals surface area contributed by atoms with Crippen LogP contribution in [0, 0.1) is 0 Å². The number of rotatable bonds is 5. The second-order valence-corrected chi connectivity index (χ2v) is 5.93. The summed E-state index contributed by atoms with van der Waals surface area (Å²) in [4.78, 5) is 8.55. The molecular weight excluding hydrogens is 362 g/mol. The van der Waals surface area contributed by atoms with E-state index >= 15 is 0 Å². The smallest absolute Gasteiger partial charge is 0.0679 e. The zero-order chi connectivity index (χ0) is 15.9. The maximum Gasteiger partial charge on any atom is 0.0679 e. The molecule has 2 aromatic rings. The van der Waals surface area contributed by atoms with Crippen molar-refractivity contribution in [2.24, 2.45) is 9.98 Å². The summed E-state index contributed by atoms with van der Waals surface area (Å²) in [5.41, 5.74) is 1.58. The van der Waals surface area contributed by atoms with E-state index in [0.717, 1.165) is 11.1 Å². The van der Waals surface area contributed by atoms with Crippen molar-refractivity contribution < 1.29 is 0 Å². The van der Waals surface area contributed by atoms with E-state index < -0.39 is 0 Å². The van der Waals surface area contributed by atoms with Crippen LogP contribution < -0.4 is 0 Å². The van der Waals surface area contributed by atoms with E-state index in [1.807, 2.05) is 24.3 Å². The van der Waals surface area contributed by atoms with Crippen LogP contribution in [0.3, 0.4) is 0 Å². The largest absolute Gasteiger partial charge is 0.291 e. The molecule has 0 amide bonds. The number of hydrogen-bond donors (Lipinski definition) is 0. The van der Waals surface area contributed by atoms with Crippen LogP contribution in [0.5, 0.6) is 0 Å². The Morgan fingerprint density at radius 2 is 1.09 bits per heavy atom. The van der Waals surface area contributed by atoms with E-state index in [9.17, 15) is 0 Å². The SMILES string of the molecule is Clc1cccc(C=NCCN=Cc2cccc(Cl)c2Cl)c1Cl. The van der Waals surface area contributed by atoms with Crippen LogP contribution in [-0.4, -0.2) is 25.5 Å². The summed E-state index contributed by atoms with van der Waals surface area (Å²) < 4.78 is 0. The fourth-order valence-corrected chi connectivity index (χ4v) is 2.39. The molecule has 0 saturated carbocycles. The van der Waals surface area contributed by atoms with Gasteiger partial charge in [0.05, 0.1) is 33.2 Å². The molecule has 6 heteroatoms. The standard InChI is InChI=1S/C16H12Cl4N2/c17-13-5-1-3-11(15(13)19)9-21-7-8-22-10-12-4-2-6-14(18)16(12)20/h1-6,9-10H,7-8H2. The van der Waals surface area contributed by atoms with Gasteiger partial charge in [0, 0.05) is 23.6 Å². The Labute approximate surface area is 149 Å². The van der Waals surface area contributed by atoms with E-state index in [4.69, 9.17) is 46.4 Å². The average molecular weight is 374 g/mol. The summed E-state index contributed by atoms with van der Waals surface area (Å²) in [5, 5.41) is 2.03. The number of hydrogen-bond acceptors (Lipinski definition) is 2. The molecule has 0 N–H and O–H groups in total. The van der Waals surface area contributed by atoms with Crippen molar-refractivity contribution in [3.63, 3.8) is 0 Å². The van der Waals surface area contributed by atoms with Gasteiger partial charge < -0.3 is 0 Å². The van der Waals surface area contributed by atoms with Crippen molar-refractivity contribution in [2.45, 2.75) is 0 Å². The number of benzene rings is 2. The summed E-state index contributed by atoms with van der Waals surface area (Å²) in [5.74, 6) is 0. The van der Waals surface area contributed by atoms with Gasteiger partial charge in [0.25, 0.3) is 0 Å². The van der Waals surface area contributed by atoms with E-state index in [2.05, 4.69) is 9.98 Å². The number of halogens is 4. The van der Waals surface area contributed by atoms with E-state index in [1.54, 1.807) is 24.6 Å². The molecule has 0 aliphatic heterocycles. The maximum atomic E-state index is 6.07. The van der Waals surface area contributed by atoms with Crippen LogP contribution in [0.15, 0.2) is 46.4 Å². The highest BCUT2D eigenvalue weighted by molar-refractivity contribution is 6.44. The van der Waals surface area contributed by atoms with Gasteiger partial charge in [-0.05, 0) is 12.1 Å². The summed E-state index contributed by atoms with van der Waals surface area (Å²) in [6, 6.07) is 10.8. The van der Waals surface area contributed by atoms with Crippen LogP contribution in [-0.2, 0) is 0 Å². The van der Waals surface area contributed by atoms with Crippen molar-refractivity contribution in [3.8, 4) is 0 Å². The van der Waals surface area contributed by atoms with Crippen LogP contribution in [0.2, 0.25) is 20.1 Å². The van der Waals surface area contributed by atoms with Gasteiger partial charge in [0.1, 0.15) is 0 Å². The summed E-state index contributed by atoms with van der Waals surface area (Å²) in [6.07, 6.45) is 3.38. The lowest BCUT2D eigenvalue weighted by molar-refractivity contribution is 0.985. The van der Waals surface area contributed by atoms with E-state index in [-0.39, 0.29) is 0 Å². The second kappa shape index (κ2) is 8.54. The van der Waals surface area contributed by atoms with Gasteiger partial charge in [-0.15, -0.1) is 0 Å². The van der Waals surface area contributed by atoms with Crippen molar-refractivity contribution >= 4 is 58.8 Å². The van der Waals surface area contributed by atoms with Gasteiger partial charge in [-0.25, -0.2) is 0 Å². The number of nitrogens with zero attached hydrogens (tertiary/aromatic N) is 2. The third kappa shape index (κ3) is 4.72. The number of aliphatic imine (C=N–C) groups is 2. The first-order chi connectivity index (χ1) is 10.6. The normalized spacial score (nSPS) is 11.6. The average Bonchev–Trinajstić information content (AvgIpc) is 2.51. The Morgan fingerprint density at radius 1 is 0.682 bits per heavy atom. The molecule has 2 aromatic carbocycles. The molecule has 0 aliphatic rings. The molecule has 0 unspecified atom stereocenters. The molecule has 114 valence electrons. The lowest BCUT2D eigenvalue weighted by Gasteiger charge is -2.00. The van der Waals surface area contributed by atoms with Crippen molar-refractivity contribution in [1.82, 2.24) is 0 Å². The minimum absolute atomic E-state index is 0.502. The molecule has 0 fully saturated rings. The molecule has 2 rings (SSSR count). The molecule has 0 aromatic heterocycles. The molecule has 0 saturated heterocycles. The quantitative estimate of drug-likeness (QED) is 0.464. The first-order valence-corrected chi connectivity index (χ1v) is 7.98. The highest BCUT2D eigenvalue weighted by atomic mass is 35.5. The first kappa shape index (κ1) is 17.3. The topological polar surface area (TPSA) is 24.7 Å². The Kier molecular flexibility index (Phi) is 6.71. The molecule has 0 atom stereocenters. The zero-order valence-corrected chi connectivity index (χ0v) is 14.5. The van der Waals surface area contributed by atoms with Crippen LogP contribution >= 0.6 is 46.4 Å². The van der Waals surface area contributed by atoms with Crippen molar-refractivity contribution in [3.05, 3.63) is 67.6 Å². The summed E-state index contributed by atoms with van der Waals surface area (Å²) in [6.45, 7) is 1.08. The lowest BCUT2D eigenvalue weighted by Crippen LogP contribution is -1.92.